The van der Waals surface area contributed by atoms with E-state index in [1.807, 2.05) is 0 Å². The van der Waals surface area contributed by atoms with Gasteiger partial charge in [0.15, 0.2) is 0 Å². The van der Waals surface area contributed by atoms with Crippen LogP contribution in [-0.4, -0.2) is 6.04 Å². The molecule has 0 aliphatic carbocycles. The fourth-order valence-electron chi connectivity index (χ4n) is 3.59. The molecule has 0 spiro atoms. The molecule has 0 unspecified atom stereocenters. The molecular weight excluding hydrogens is 304 g/mol. The molecule has 0 saturated heterocycles. The van der Waals surface area contributed by atoms with Crippen LogP contribution in [0.4, 0.5) is 5.69 Å². The van der Waals surface area contributed by atoms with E-state index in [2.05, 4.69) is 109 Å². The van der Waals surface area contributed by atoms with Gasteiger partial charge >= 0.3 is 0 Å². The molecule has 4 rings (SSSR count). The molecule has 25 heavy (non-hydrogen) atoms. The van der Waals surface area contributed by atoms with Gasteiger partial charge < -0.3 is 4.90 Å². The lowest BCUT2D eigenvalue weighted by atomic mass is 10.0. The largest absolute Gasteiger partial charge is 0.338 e. The zero-order chi connectivity index (χ0) is 17.4. The second-order valence-corrected chi connectivity index (χ2v) is 6.80. The third-order valence-corrected chi connectivity index (χ3v) is 4.84. The van der Waals surface area contributed by atoms with Crippen LogP contribution in [0.15, 0.2) is 72.4 Å². The summed E-state index contributed by atoms with van der Waals surface area (Å²) in [7, 11) is 2.13. The minimum absolute atomic E-state index is 0.392. The van der Waals surface area contributed by atoms with Gasteiger partial charge in [-0.25, -0.2) is 0 Å². The minimum Gasteiger partial charge on any atom is -0.338 e. The van der Waals surface area contributed by atoms with Crippen LogP contribution < -0.4 is 9.47 Å². The van der Waals surface area contributed by atoms with Crippen LogP contribution in [0.2, 0.25) is 0 Å². The normalized spacial score (nSPS) is 15.2. The van der Waals surface area contributed by atoms with E-state index < -0.39 is 0 Å². The second-order valence-electron chi connectivity index (χ2n) is 6.80. The fourth-order valence-corrected chi connectivity index (χ4v) is 3.59. The van der Waals surface area contributed by atoms with Crippen LogP contribution in [0.25, 0.3) is 23.1 Å². The molecule has 3 aromatic rings. The summed E-state index contributed by atoms with van der Waals surface area (Å²) in [5, 5.41) is 1.26. The van der Waals surface area contributed by atoms with Crippen molar-refractivity contribution in [2.45, 2.75) is 19.9 Å². The van der Waals surface area contributed by atoms with Crippen molar-refractivity contribution in [2.75, 3.05) is 4.90 Å². The zero-order valence-electron chi connectivity index (χ0n) is 15.0. The van der Waals surface area contributed by atoms with Gasteiger partial charge in [0.05, 0.1) is 0 Å². The van der Waals surface area contributed by atoms with Gasteiger partial charge in [-0.15, -0.1) is 0 Å². The first-order valence-electron chi connectivity index (χ1n) is 8.81. The number of rotatable bonds is 2. The third-order valence-electron chi connectivity index (χ3n) is 4.84. The van der Waals surface area contributed by atoms with Crippen molar-refractivity contribution in [3.05, 3.63) is 83.7 Å². The number of hydrogen-bond donors (Lipinski definition) is 0. The summed E-state index contributed by atoms with van der Waals surface area (Å²) in [5.74, 6) is 0. The first-order valence-corrected chi connectivity index (χ1v) is 8.81. The Morgan fingerprint density at radius 3 is 2.48 bits per heavy atom. The van der Waals surface area contributed by atoms with Crippen LogP contribution in [0, 0.1) is 0 Å². The molecule has 124 valence electrons. The number of para-hydroxylation sites is 2. The summed E-state index contributed by atoms with van der Waals surface area (Å²) >= 11 is 0. The highest BCUT2D eigenvalue weighted by molar-refractivity contribution is 5.81. The van der Waals surface area contributed by atoms with E-state index in [1.54, 1.807) is 0 Å². The zero-order valence-corrected chi connectivity index (χ0v) is 15.0. The van der Waals surface area contributed by atoms with Crippen LogP contribution in [0.5, 0.6) is 0 Å². The fraction of sp³-hybridized carbons (Fsp3) is 0.174. The minimum atomic E-state index is 0.392. The number of anilines is 1. The topological polar surface area (TPSA) is 7.12 Å². The number of aromatic nitrogens is 1. The summed E-state index contributed by atoms with van der Waals surface area (Å²) in [5.41, 5.74) is 6.21. The SMILES string of the molecule is CC(C)N1C(=Cc2ccc3ccccc3[n+]2C)C=Cc2ccccc21. The summed E-state index contributed by atoms with van der Waals surface area (Å²) in [6, 6.07) is 21.9. The lowest BCUT2D eigenvalue weighted by molar-refractivity contribution is -0.646. The van der Waals surface area contributed by atoms with Crippen molar-refractivity contribution in [3.8, 4) is 0 Å². The molecule has 0 bridgehead atoms. The number of hydrogen-bond acceptors (Lipinski definition) is 1. The summed E-state index contributed by atoms with van der Waals surface area (Å²) in [6.45, 7) is 4.48. The average molecular weight is 327 g/mol. The van der Waals surface area contributed by atoms with Gasteiger partial charge in [0, 0.05) is 41.0 Å². The van der Waals surface area contributed by atoms with Gasteiger partial charge in [0.25, 0.3) is 0 Å². The van der Waals surface area contributed by atoms with Crippen molar-refractivity contribution in [2.24, 2.45) is 7.05 Å². The van der Waals surface area contributed by atoms with Gasteiger partial charge in [-0.3, -0.25) is 0 Å². The number of benzene rings is 2. The summed E-state index contributed by atoms with van der Waals surface area (Å²) < 4.78 is 2.26. The molecule has 2 heteroatoms. The monoisotopic (exact) mass is 327 g/mol. The molecule has 2 heterocycles. The number of allylic oxidation sites excluding steroid dienone is 1. The Bertz CT molecular complexity index is 996. The van der Waals surface area contributed by atoms with Gasteiger partial charge in [-0.1, -0.05) is 36.4 Å². The lowest BCUT2D eigenvalue weighted by Crippen LogP contribution is -2.35. The second kappa shape index (κ2) is 6.21. The van der Waals surface area contributed by atoms with E-state index in [-0.39, 0.29) is 0 Å². The predicted octanol–water partition coefficient (Wildman–Crippen LogP) is 4.95. The number of pyridine rings is 1. The highest BCUT2D eigenvalue weighted by Crippen LogP contribution is 2.33. The van der Waals surface area contributed by atoms with E-state index in [9.17, 15) is 0 Å². The van der Waals surface area contributed by atoms with Crippen molar-refractivity contribution in [1.29, 1.82) is 0 Å². The maximum atomic E-state index is 2.41. The Kier molecular flexibility index (Phi) is 3.89. The highest BCUT2D eigenvalue weighted by Gasteiger charge is 2.21. The molecule has 0 amide bonds. The molecule has 0 atom stereocenters. The van der Waals surface area contributed by atoms with Gasteiger partial charge in [-0.05, 0) is 43.7 Å². The Morgan fingerprint density at radius 1 is 0.880 bits per heavy atom. The van der Waals surface area contributed by atoms with Crippen molar-refractivity contribution in [3.63, 3.8) is 0 Å². The maximum Gasteiger partial charge on any atom is 0.212 e. The van der Waals surface area contributed by atoms with Crippen molar-refractivity contribution < 1.29 is 4.57 Å². The van der Waals surface area contributed by atoms with Gasteiger partial charge in [-0.2, -0.15) is 4.57 Å². The van der Waals surface area contributed by atoms with Crippen molar-refractivity contribution >= 4 is 28.7 Å². The Labute approximate surface area is 149 Å². The van der Waals surface area contributed by atoms with Crippen molar-refractivity contribution in [1.82, 2.24) is 0 Å². The molecule has 1 aliphatic rings. The van der Waals surface area contributed by atoms with Crippen LogP contribution in [-0.2, 0) is 7.05 Å². The maximum absolute atomic E-state index is 2.41. The highest BCUT2D eigenvalue weighted by atomic mass is 15.2. The Balaban J connectivity index is 1.85. The van der Waals surface area contributed by atoms with Crippen LogP contribution in [0.3, 0.4) is 0 Å². The van der Waals surface area contributed by atoms with E-state index in [4.69, 9.17) is 0 Å². The summed E-state index contributed by atoms with van der Waals surface area (Å²) in [4.78, 5) is 2.41. The van der Waals surface area contributed by atoms with E-state index in [0.29, 0.717) is 6.04 Å². The molecule has 1 aromatic heterocycles. The first-order chi connectivity index (χ1) is 12.1. The molecule has 2 aromatic carbocycles. The molecule has 0 saturated carbocycles. The molecule has 0 radical (unpaired) electrons. The quantitative estimate of drug-likeness (QED) is 0.604. The van der Waals surface area contributed by atoms with Crippen LogP contribution in [0.1, 0.15) is 25.1 Å². The van der Waals surface area contributed by atoms with Gasteiger partial charge in [0.1, 0.15) is 7.05 Å². The Hall–Kier alpha value is -2.87. The van der Waals surface area contributed by atoms with E-state index in [0.717, 1.165) is 0 Å². The van der Waals surface area contributed by atoms with E-state index in [1.165, 1.54) is 33.5 Å². The Morgan fingerprint density at radius 2 is 1.64 bits per heavy atom. The number of aryl methyl sites for hydroxylation is 1. The van der Waals surface area contributed by atoms with Crippen LogP contribution >= 0.6 is 0 Å². The smallest absolute Gasteiger partial charge is 0.212 e. The average Bonchev–Trinajstić information content (AvgIpc) is 2.63. The molecule has 2 nitrogen and oxygen atoms in total. The first kappa shape index (κ1) is 15.6. The standard InChI is InChI=1S/C23H23N2/c1-17(2)25-21(15-13-19-9-5-7-11-23(19)25)16-20-14-12-18-8-4-6-10-22(18)24(20)3/h4-17H,1-3H3/q+1. The molecule has 0 fully saturated rings. The number of nitrogens with zero attached hydrogens (tertiary/aromatic N) is 2. The number of fused-ring (bicyclic) bond motifs is 2. The summed E-state index contributed by atoms with van der Waals surface area (Å²) in [6.07, 6.45) is 6.71. The molecule has 1 aliphatic heterocycles. The predicted molar refractivity (Wildman–Crippen MR) is 106 cm³/mol. The van der Waals surface area contributed by atoms with E-state index >= 15 is 0 Å². The van der Waals surface area contributed by atoms with Gasteiger partial charge in [0.2, 0.25) is 11.2 Å². The lowest BCUT2D eigenvalue weighted by Gasteiger charge is -2.33. The molecular formula is C23H23N2+. The molecule has 0 N–H and O–H groups in total. The third kappa shape index (κ3) is 2.74.